The van der Waals surface area contributed by atoms with E-state index in [1.165, 1.54) is 34.1 Å². The van der Waals surface area contributed by atoms with Crippen molar-refractivity contribution in [3.63, 3.8) is 0 Å². The molecule has 2 rings (SSSR count). The maximum Gasteiger partial charge on any atom is 0.253 e. The van der Waals surface area contributed by atoms with Gasteiger partial charge < -0.3 is 9.47 Å². The number of carbonyl (C=O) groups is 4. The average molecular weight is 336 g/mol. The summed E-state index contributed by atoms with van der Waals surface area (Å²) in [5.74, 6) is -1.14. The van der Waals surface area contributed by atoms with E-state index >= 15 is 0 Å². The lowest BCUT2D eigenvalue weighted by molar-refractivity contribution is -0.138. The first kappa shape index (κ1) is 18.0. The Morgan fingerprint density at radius 3 is 1.25 bits per heavy atom. The smallest absolute Gasteiger partial charge is 0.253 e. The first-order chi connectivity index (χ1) is 11.6. The Morgan fingerprint density at radius 2 is 0.917 bits per heavy atom. The lowest BCUT2D eigenvalue weighted by Gasteiger charge is -2.14. The summed E-state index contributed by atoms with van der Waals surface area (Å²) in [4.78, 5) is 47.5. The molecule has 0 spiro atoms. The molecule has 0 aromatic heterocycles. The third kappa shape index (κ3) is 5.10. The van der Waals surface area contributed by atoms with Crippen LogP contribution in [-0.2, 0) is 28.7 Å². The zero-order valence-electron chi connectivity index (χ0n) is 13.3. The molecule has 4 amide bonds. The quantitative estimate of drug-likeness (QED) is 0.378. The van der Waals surface area contributed by atoms with E-state index in [0.29, 0.717) is 52.4 Å². The van der Waals surface area contributed by atoms with Crippen molar-refractivity contribution >= 4 is 23.6 Å². The van der Waals surface area contributed by atoms with Crippen LogP contribution < -0.4 is 0 Å². The van der Waals surface area contributed by atoms with E-state index in [9.17, 15) is 19.2 Å². The minimum atomic E-state index is -0.284. The molecule has 0 aromatic carbocycles. The number of amides is 4. The molecule has 130 valence electrons. The molecule has 0 fully saturated rings. The minimum Gasteiger partial charge on any atom is -0.379 e. The van der Waals surface area contributed by atoms with E-state index in [1.807, 2.05) is 0 Å². The van der Waals surface area contributed by atoms with Crippen LogP contribution in [0.15, 0.2) is 24.3 Å². The van der Waals surface area contributed by atoms with E-state index in [-0.39, 0.29) is 23.6 Å². The van der Waals surface area contributed by atoms with Gasteiger partial charge in [0.1, 0.15) is 0 Å². The number of ether oxygens (including phenoxy) is 2. The monoisotopic (exact) mass is 336 g/mol. The van der Waals surface area contributed by atoms with Crippen LogP contribution in [0.4, 0.5) is 0 Å². The molecule has 0 N–H and O–H groups in total. The zero-order valence-corrected chi connectivity index (χ0v) is 13.3. The van der Waals surface area contributed by atoms with Crippen molar-refractivity contribution in [1.29, 1.82) is 0 Å². The molecular formula is C16H20N2O6. The fourth-order valence-corrected chi connectivity index (χ4v) is 2.27. The van der Waals surface area contributed by atoms with Gasteiger partial charge in [-0.3, -0.25) is 29.0 Å². The SMILES string of the molecule is O=C1C=CC(=O)N1CCCOCCOCCCN1C(=O)C=CC1=O. The Morgan fingerprint density at radius 1 is 0.583 bits per heavy atom. The second-order valence-corrected chi connectivity index (χ2v) is 5.25. The average Bonchev–Trinajstić information content (AvgIpc) is 3.05. The standard InChI is InChI=1S/C16H20N2O6/c19-13-3-4-14(20)17(13)7-1-9-23-11-12-24-10-2-8-18-15(21)5-6-16(18)22/h3-6H,1-2,7-12H2. The fraction of sp³-hybridized carbons (Fsp3) is 0.500. The molecule has 0 bridgehead atoms. The molecular weight excluding hydrogens is 316 g/mol. The van der Waals surface area contributed by atoms with Gasteiger partial charge in [0, 0.05) is 50.6 Å². The number of imide groups is 2. The van der Waals surface area contributed by atoms with Gasteiger partial charge in [-0.15, -0.1) is 0 Å². The third-order valence-electron chi connectivity index (χ3n) is 3.51. The highest BCUT2D eigenvalue weighted by Crippen LogP contribution is 2.05. The van der Waals surface area contributed by atoms with E-state index in [1.54, 1.807) is 0 Å². The minimum absolute atomic E-state index is 0.284. The summed E-state index contributed by atoms with van der Waals surface area (Å²) in [5.41, 5.74) is 0. The predicted octanol–water partition coefficient (Wildman–Crippen LogP) is -0.350. The summed E-state index contributed by atoms with van der Waals surface area (Å²) in [6.45, 7) is 2.37. The van der Waals surface area contributed by atoms with Gasteiger partial charge in [-0.05, 0) is 12.8 Å². The maximum atomic E-state index is 11.3. The van der Waals surface area contributed by atoms with Crippen LogP contribution in [-0.4, -0.2) is 72.9 Å². The second kappa shape index (κ2) is 9.09. The van der Waals surface area contributed by atoms with Gasteiger partial charge in [0.05, 0.1) is 13.2 Å². The highest BCUT2D eigenvalue weighted by Gasteiger charge is 2.23. The third-order valence-corrected chi connectivity index (χ3v) is 3.51. The van der Waals surface area contributed by atoms with Crippen molar-refractivity contribution in [3.05, 3.63) is 24.3 Å². The van der Waals surface area contributed by atoms with Crippen LogP contribution in [0.25, 0.3) is 0 Å². The first-order valence-electron chi connectivity index (χ1n) is 7.82. The van der Waals surface area contributed by atoms with Crippen LogP contribution in [0.5, 0.6) is 0 Å². The Kier molecular flexibility index (Phi) is 6.83. The Hall–Kier alpha value is -2.32. The van der Waals surface area contributed by atoms with Crippen molar-refractivity contribution in [3.8, 4) is 0 Å². The summed E-state index contributed by atoms with van der Waals surface area (Å²) in [5, 5.41) is 0. The first-order valence-corrected chi connectivity index (χ1v) is 7.82. The van der Waals surface area contributed by atoms with Crippen molar-refractivity contribution in [2.45, 2.75) is 12.8 Å². The van der Waals surface area contributed by atoms with Gasteiger partial charge >= 0.3 is 0 Å². The van der Waals surface area contributed by atoms with Gasteiger partial charge in [0.25, 0.3) is 23.6 Å². The molecule has 24 heavy (non-hydrogen) atoms. The summed E-state index contributed by atoms with van der Waals surface area (Å²) < 4.78 is 10.7. The molecule has 2 heterocycles. The van der Waals surface area contributed by atoms with Gasteiger partial charge in [-0.1, -0.05) is 0 Å². The molecule has 8 heteroatoms. The van der Waals surface area contributed by atoms with Crippen molar-refractivity contribution in [2.24, 2.45) is 0 Å². The van der Waals surface area contributed by atoms with Gasteiger partial charge in [0.2, 0.25) is 0 Å². The highest BCUT2D eigenvalue weighted by molar-refractivity contribution is 6.13. The van der Waals surface area contributed by atoms with Gasteiger partial charge in [-0.2, -0.15) is 0 Å². The predicted molar refractivity (Wildman–Crippen MR) is 82.6 cm³/mol. The van der Waals surface area contributed by atoms with E-state index in [2.05, 4.69) is 0 Å². The van der Waals surface area contributed by atoms with E-state index in [4.69, 9.17) is 9.47 Å². The summed E-state index contributed by atoms with van der Waals surface area (Å²) >= 11 is 0. The van der Waals surface area contributed by atoms with Gasteiger partial charge in [-0.25, -0.2) is 0 Å². The molecule has 8 nitrogen and oxygen atoms in total. The van der Waals surface area contributed by atoms with Crippen LogP contribution in [0.3, 0.4) is 0 Å². The van der Waals surface area contributed by atoms with Crippen LogP contribution in [0.2, 0.25) is 0 Å². The van der Waals surface area contributed by atoms with Crippen molar-refractivity contribution in [1.82, 2.24) is 9.80 Å². The van der Waals surface area contributed by atoms with Crippen LogP contribution >= 0.6 is 0 Å². The van der Waals surface area contributed by atoms with Crippen LogP contribution in [0.1, 0.15) is 12.8 Å². The Balaban J connectivity index is 1.39. The molecule has 0 aromatic rings. The van der Waals surface area contributed by atoms with E-state index in [0.717, 1.165) is 0 Å². The molecule has 0 aliphatic carbocycles. The Labute approximate surface area is 139 Å². The van der Waals surface area contributed by atoms with Crippen molar-refractivity contribution < 1.29 is 28.7 Å². The maximum absolute atomic E-state index is 11.3. The van der Waals surface area contributed by atoms with Gasteiger partial charge in [0.15, 0.2) is 0 Å². The molecule has 0 atom stereocenters. The molecule has 0 unspecified atom stereocenters. The number of nitrogens with zero attached hydrogens (tertiary/aromatic N) is 2. The highest BCUT2D eigenvalue weighted by atomic mass is 16.5. The lowest BCUT2D eigenvalue weighted by atomic mass is 10.4. The molecule has 0 saturated heterocycles. The zero-order chi connectivity index (χ0) is 17.4. The molecule has 2 aliphatic heterocycles. The molecule has 2 aliphatic rings. The molecule has 0 saturated carbocycles. The topological polar surface area (TPSA) is 93.2 Å². The summed E-state index contributed by atoms with van der Waals surface area (Å²) in [6.07, 6.45) is 6.19. The normalized spacial score (nSPS) is 17.0. The number of hydrogen-bond acceptors (Lipinski definition) is 6. The number of carbonyl (C=O) groups excluding carboxylic acids is 4. The number of rotatable bonds is 11. The lowest BCUT2D eigenvalue weighted by Crippen LogP contribution is -2.31. The molecule has 0 radical (unpaired) electrons. The fourth-order valence-electron chi connectivity index (χ4n) is 2.27. The summed E-state index contributed by atoms with van der Waals surface area (Å²) in [6, 6.07) is 0. The Bertz CT molecular complexity index is 483. The second-order valence-electron chi connectivity index (χ2n) is 5.25. The van der Waals surface area contributed by atoms with Crippen molar-refractivity contribution in [2.75, 3.05) is 39.5 Å². The van der Waals surface area contributed by atoms with E-state index < -0.39 is 0 Å². The van der Waals surface area contributed by atoms with Crippen LogP contribution in [0, 0.1) is 0 Å². The summed E-state index contributed by atoms with van der Waals surface area (Å²) in [7, 11) is 0. The largest absolute Gasteiger partial charge is 0.379 e. The number of hydrogen-bond donors (Lipinski definition) is 0.